The van der Waals surface area contributed by atoms with E-state index >= 15 is 0 Å². The van der Waals surface area contributed by atoms with Crippen molar-refractivity contribution < 1.29 is 14.3 Å². The Kier molecular flexibility index (Phi) is 9.03. The molecule has 1 atom stereocenters. The standard InChI is InChI=1S/C27H24Cl3N3O3S/c1-16-20(29)4-3-5-22(16)32-27-33(13-12-17-6-8-18(28)9-7-17)26(35)24(37-27)15-25(34)31-19-10-11-23(36-2)21(30)14-19/h3-11,14,24H,12-13,15H2,1-2H3,(H,31,34)/t24-/m0/s1. The Balaban J connectivity index is 1.52. The van der Waals surface area contributed by atoms with Crippen LogP contribution in [0.4, 0.5) is 11.4 Å². The predicted octanol–water partition coefficient (Wildman–Crippen LogP) is 7.17. The van der Waals surface area contributed by atoms with Gasteiger partial charge in [-0.15, -0.1) is 0 Å². The Labute approximate surface area is 234 Å². The van der Waals surface area contributed by atoms with Gasteiger partial charge in [0.2, 0.25) is 11.8 Å². The molecule has 1 fully saturated rings. The van der Waals surface area contributed by atoms with E-state index in [4.69, 9.17) is 44.5 Å². The van der Waals surface area contributed by atoms with Crippen molar-refractivity contribution >= 4 is 74.9 Å². The Morgan fingerprint density at radius 2 is 1.84 bits per heavy atom. The number of hydrogen-bond acceptors (Lipinski definition) is 5. The molecule has 3 aromatic rings. The molecular formula is C27H24Cl3N3O3S. The van der Waals surface area contributed by atoms with E-state index in [1.807, 2.05) is 43.3 Å². The molecule has 0 unspecified atom stereocenters. The average molecular weight is 577 g/mol. The van der Waals surface area contributed by atoms with Crippen LogP contribution in [-0.4, -0.2) is 40.8 Å². The molecule has 0 aliphatic carbocycles. The maximum absolute atomic E-state index is 13.4. The summed E-state index contributed by atoms with van der Waals surface area (Å²) in [5.74, 6) is 0.0416. The highest BCUT2D eigenvalue weighted by molar-refractivity contribution is 8.15. The number of nitrogens with one attached hydrogen (secondary N) is 1. The molecule has 37 heavy (non-hydrogen) atoms. The second-order valence-electron chi connectivity index (χ2n) is 8.35. The normalized spacial score (nSPS) is 16.4. The lowest BCUT2D eigenvalue weighted by Gasteiger charge is -2.17. The molecular weight excluding hydrogens is 553 g/mol. The first kappa shape index (κ1) is 27.3. The number of thioether (sulfide) groups is 1. The summed E-state index contributed by atoms with van der Waals surface area (Å²) < 4.78 is 5.15. The highest BCUT2D eigenvalue weighted by Gasteiger charge is 2.39. The Hall–Kier alpha value is -2.71. The molecule has 1 aliphatic rings. The summed E-state index contributed by atoms with van der Waals surface area (Å²) in [6.07, 6.45) is 0.596. The number of carbonyl (C=O) groups is 2. The maximum atomic E-state index is 13.4. The Morgan fingerprint density at radius 1 is 1.08 bits per heavy atom. The third kappa shape index (κ3) is 6.79. The van der Waals surface area contributed by atoms with E-state index in [0.29, 0.717) is 50.3 Å². The zero-order valence-electron chi connectivity index (χ0n) is 20.1. The van der Waals surface area contributed by atoms with Crippen molar-refractivity contribution in [2.24, 2.45) is 4.99 Å². The van der Waals surface area contributed by atoms with Gasteiger partial charge < -0.3 is 10.1 Å². The summed E-state index contributed by atoms with van der Waals surface area (Å²) in [7, 11) is 1.52. The molecule has 10 heteroatoms. The smallest absolute Gasteiger partial charge is 0.242 e. The van der Waals surface area contributed by atoms with Gasteiger partial charge in [-0.1, -0.05) is 64.8 Å². The van der Waals surface area contributed by atoms with Crippen LogP contribution in [0.1, 0.15) is 17.5 Å². The minimum absolute atomic E-state index is 0.0157. The Bertz CT molecular complexity index is 1350. The van der Waals surface area contributed by atoms with E-state index in [1.165, 1.54) is 18.9 Å². The molecule has 0 saturated carbocycles. The summed E-state index contributed by atoms with van der Waals surface area (Å²) in [5, 5.41) is 4.36. The van der Waals surface area contributed by atoms with Crippen LogP contribution in [0.3, 0.4) is 0 Å². The molecule has 3 aromatic carbocycles. The minimum Gasteiger partial charge on any atom is -0.495 e. The number of rotatable bonds is 8. The van der Waals surface area contributed by atoms with Gasteiger partial charge in [-0.3, -0.25) is 14.5 Å². The summed E-state index contributed by atoms with van der Waals surface area (Å²) in [6, 6.07) is 17.9. The highest BCUT2D eigenvalue weighted by Crippen LogP contribution is 2.34. The van der Waals surface area contributed by atoms with Crippen LogP contribution in [0, 0.1) is 6.92 Å². The molecule has 1 saturated heterocycles. The maximum Gasteiger partial charge on any atom is 0.242 e. The van der Waals surface area contributed by atoms with Crippen LogP contribution in [0.25, 0.3) is 0 Å². The zero-order chi connectivity index (χ0) is 26.5. The van der Waals surface area contributed by atoms with E-state index in [-0.39, 0.29) is 18.2 Å². The number of nitrogens with zero attached hydrogens (tertiary/aromatic N) is 2. The molecule has 0 spiro atoms. The predicted molar refractivity (Wildman–Crippen MR) is 153 cm³/mol. The van der Waals surface area contributed by atoms with Gasteiger partial charge in [0.25, 0.3) is 0 Å². The number of carbonyl (C=O) groups excluding carboxylic acids is 2. The third-order valence-electron chi connectivity index (χ3n) is 5.82. The first-order valence-corrected chi connectivity index (χ1v) is 13.5. The summed E-state index contributed by atoms with van der Waals surface area (Å²) in [6.45, 7) is 2.30. The average Bonchev–Trinajstić information content (AvgIpc) is 3.15. The van der Waals surface area contributed by atoms with Gasteiger partial charge in [-0.25, -0.2) is 4.99 Å². The van der Waals surface area contributed by atoms with Crippen molar-refractivity contribution in [3.05, 3.63) is 86.9 Å². The number of aliphatic imine (C=N–C) groups is 1. The minimum atomic E-state index is -0.614. The molecule has 6 nitrogen and oxygen atoms in total. The van der Waals surface area contributed by atoms with Gasteiger partial charge in [0.05, 0.1) is 17.8 Å². The second-order valence-corrected chi connectivity index (χ2v) is 10.8. The topological polar surface area (TPSA) is 71.0 Å². The third-order valence-corrected chi connectivity index (χ3v) is 7.95. The number of benzene rings is 3. The summed E-state index contributed by atoms with van der Waals surface area (Å²) in [5.41, 5.74) is 3.06. The fourth-order valence-electron chi connectivity index (χ4n) is 3.77. The molecule has 0 aromatic heterocycles. The number of anilines is 1. The van der Waals surface area contributed by atoms with E-state index in [0.717, 1.165) is 11.1 Å². The molecule has 4 rings (SSSR count). The lowest BCUT2D eigenvalue weighted by molar-refractivity contribution is -0.128. The van der Waals surface area contributed by atoms with Crippen LogP contribution in [0.2, 0.25) is 15.1 Å². The van der Waals surface area contributed by atoms with Gasteiger partial charge in [0.15, 0.2) is 5.17 Å². The van der Waals surface area contributed by atoms with Crippen molar-refractivity contribution in [3.63, 3.8) is 0 Å². The molecule has 1 aliphatic heterocycles. The SMILES string of the molecule is COc1ccc(NC(=O)C[C@@H]2SC(=Nc3cccc(Cl)c3C)N(CCc3ccc(Cl)cc3)C2=O)cc1Cl. The van der Waals surface area contributed by atoms with Crippen LogP contribution < -0.4 is 10.1 Å². The fourth-order valence-corrected chi connectivity index (χ4v) is 5.50. The van der Waals surface area contributed by atoms with Crippen molar-refractivity contribution in [2.45, 2.75) is 25.0 Å². The number of amidine groups is 1. The number of hydrogen-bond donors (Lipinski definition) is 1. The molecule has 0 radical (unpaired) electrons. The lowest BCUT2D eigenvalue weighted by atomic mass is 10.1. The van der Waals surface area contributed by atoms with Crippen LogP contribution >= 0.6 is 46.6 Å². The van der Waals surface area contributed by atoms with Gasteiger partial charge >= 0.3 is 0 Å². The van der Waals surface area contributed by atoms with Crippen LogP contribution in [0.5, 0.6) is 5.75 Å². The number of ether oxygens (including phenoxy) is 1. The van der Waals surface area contributed by atoms with Crippen molar-refractivity contribution in [2.75, 3.05) is 19.0 Å². The molecule has 0 bridgehead atoms. The second kappa shape index (κ2) is 12.2. The zero-order valence-corrected chi connectivity index (χ0v) is 23.2. The lowest BCUT2D eigenvalue weighted by Crippen LogP contribution is -2.35. The van der Waals surface area contributed by atoms with Crippen molar-refractivity contribution in [1.82, 2.24) is 4.90 Å². The van der Waals surface area contributed by atoms with Gasteiger partial charge in [0, 0.05) is 28.7 Å². The summed E-state index contributed by atoms with van der Waals surface area (Å²) in [4.78, 5) is 32.6. The van der Waals surface area contributed by atoms with Crippen LogP contribution in [-0.2, 0) is 16.0 Å². The van der Waals surface area contributed by atoms with Crippen molar-refractivity contribution in [1.29, 1.82) is 0 Å². The first-order chi connectivity index (χ1) is 17.7. The number of methoxy groups -OCH3 is 1. The van der Waals surface area contributed by atoms with E-state index < -0.39 is 5.25 Å². The largest absolute Gasteiger partial charge is 0.495 e. The fraction of sp³-hybridized carbons (Fsp3) is 0.222. The first-order valence-electron chi connectivity index (χ1n) is 11.4. The Morgan fingerprint density at radius 3 is 2.54 bits per heavy atom. The summed E-state index contributed by atoms with van der Waals surface area (Å²) >= 11 is 19.7. The van der Waals surface area contributed by atoms with Gasteiger partial charge in [-0.05, 0) is 66.9 Å². The van der Waals surface area contributed by atoms with E-state index in [2.05, 4.69) is 5.32 Å². The monoisotopic (exact) mass is 575 g/mol. The van der Waals surface area contributed by atoms with Crippen LogP contribution in [0.15, 0.2) is 65.7 Å². The number of halogens is 3. The molecule has 1 heterocycles. The van der Waals surface area contributed by atoms with Gasteiger partial charge in [0.1, 0.15) is 11.0 Å². The number of amides is 2. The molecule has 192 valence electrons. The quantitative estimate of drug-likeness (QED) is 0.309. The molecule has 2 amide bonds. The van der Waals surface area contributed by atoms with E-state index in [9.17, 15) is 9.59 Å². The van der Waals surface area contributed by atoms with Crippen molar-refractivity contribution in [3.8, 4) is 5.75 Å². The van der Waals surface area contributed by atoms with E-state index in [1.54, 1.807) is 29.2 Å². The molecule has 1 N–H and O–H groups in total. The highest BCUT2D eigenvalue weighted by atomic mass is 35.5. The van der Waals surface area contributed by atoms with Gasteiger partial charge in [-0.2, -0.15) is 0 Å².